The number of aliphatic carboxylic acids is 2. The first-order valence-electron chi connectivity index (χ1n) is 5.96. The van der Waals surface area contributed by atoms with Crippen molar-refractivity contribution >= 4 is 24.3 Å². The van der Waals surface area contributed by atoms with Crippen molar-refractivity contribution in [2.75, 3.05) is 0 Å². The number of aliphatic hydroxyl groups excluding tert-OH is 4. The van der Waals surface area contributed by atoms with E-state index in [0.717, 1.165) is 6.08 Å². The minimum absolute atomic E-state index is 0. The van der Waals surface area contributed by atoms with E-state index in [1.165, 1.54) is 18.6 Å². The molecule has 0 bridgehead atoms. The third kappa shape index (κ3) is 9.15. The molecule has 0 aliphatic heterocycles. The maximum absolute atomic E-state index is 9.95. The number of aromatic nitrogens is 2. The first-order valence-corrected chi connectivity index (χ1v) is 5.96. The molecule has 0 saturated heterocycles. The van der Waals surface area contributed by atoms with Gasteiger partial charge in [-0.25, -0.2) is 4.98 Å². The fourth-order valence-electron chi connectivity index (χ4n) is 1.12. The number of aromatic amines is 1. The summed E-state index contributed by atoms with van der Waals surface area (Å²) < 4.78 is 0. The molecule has 133 valence electrons. The van der Waals surface area contributed by atoms with Gasteiger partial charge in [0.1, 0.15) is 24.4 Å². The van der Waals surface area contributed by atoms with Gasteiger partial charge >= 0.3 is 17.1 Å². The Morgan fingerprint density at radius 1 is 1.17 bits per heavy atom. The summed E-state index contributed by atoms with van der Waals surface area (Å²) >= 11 is 0. The summed E-state index contributed by atoms with van der Waals surface area (Å²) in [7, 11) is 0. The van der Waals surface area contributed by atoms with Crippen molar-refractivity contribution in [3.05, 3.63) is 24.3 Å². The number of aldehydes is 1. The summed E-state index contributed by atoms with van der Waals surface area (Å²) in [6, 6.07) is 0. The summed E-state index contributed by atoms with van der Waals surface area (Å²) in [5, 5.41) is 54.7. The fourth-order valence-corrected chi connectivity index (χ4v) is 1.12. The minimum Gasteiger partial charge on any atom is -0.547 e. The smallest absolute Gasteiger partial charge is 0.547 e. The molecule has 0 spiro atoms. The number of H-pyrrole nitrogens is 1. The first kappa shape index (κ1) is 24.2. The van der Waals surface area contributed by atoms with Gasteiger partial charge in [0.15, 0.2) is 6.29 Å². The topological polar surface area (TPSA) is 207 Å². The molecule has 11 nitrogen and oxygen atoms in total. The average molecular weight is 385 g/mol. The fraction of sp³-hybridized carbons (Fsp3) is 0.333. The van der Waals surface area contributed by atoms with E-state index in [9.17, 15) is 24.6 Å². The SMILES string of the molecule is O=C([O-])C=Cc1cnc[nH]1.O=C[C@H](O)[C@@H](O)[C@H](O)[C@H](O)C(=O)[O-].[Mn+2]. The predicted octanol–water partition coefficient (Wildman–Crippen LogP) is -5.45. The largest absolute Gasteiger partial charge is 2.00 e. The molecule has 4 atom stereocenters. The quantitative estimate of drug-likeness (QED) is 0.171. The molecule has 0 unspecified atom stereocenters. The van der Waals surface area contributed by atoms with Crippen molar-refractivity contribution in [1.29, 1.82) is 0 Å². The zero-order chi connectivity index (χ0) is 18.0. The Labute approximate surface area is 145 Å². The van der Waals surface area contributed by atoms with Gasteiger partial charge in [-0.05, 0) is 12.2 Å². The van der Waals surface area contributed by atoms with Crippen LogP contribution in [-0.4, -0.2) is 73.0 Å². The summed E-state index contributed by atoms with van der Waals surface area (Å²) in [6.45, 7) is 0. The molecule has 1 aromatic heterocycles. The molecule has 0 saturated carbocycles. The van der Waals surface area contributed by atoms with E-state index in [-0.39, 0.29) is 23.4 Å². The number of nitrogens with zero attached hydrogens (tertiary/aromatic N) is 1. The number of aliphatic hydroxyl groups is 4. The van der Waals surface area contributed by atoms with E-state index < -0.39 is 36.4 Å². The molecule has 24 heavy (non-hydrogen) atoms. The summed E-state index contributed by atoms with van der Waals surface area (Å²) in [6.07, 6.45) is -3.36. The third-order valence-corrected chi connectivity index (χ3v) is 2.32. The molecular formula is C12H14MnN2O9. The molecule has 12 heteroatoms. The number of rotatable bonds is 7. The normalized spacial score (nSPS) is 15.2. The van der Waals surface area contributed by atoms with Crippen LogP contribution in [0.3, 0.4) is 0 Å². The van der Waals surface area contributed by atoms with E-state index in [0.29, 0.717) is 5.69 Å². The van der Waals surface area contributed by atoms with Crippen LogP contribution in [0.15, 0.2) is 18.6 Å². The molecule has 1 rings (SSSR count). The summed E-state index contributed by atoms with van der Waals surface area (Å²) in [5.74, 6) is -3.22. The maximum atomic E-state index is 9.95. The minimum atomic E-state index is -2.36. The van der Waals surface area contributed by atoms with Gasteiger partial charge in [-0.3, -0.25) is 0 Å². The molecule has 0 aromatic carbocycles. The molecule has 1 radical (unpaired) electrons. The van der Waals surface area contributed by atoms with Gasteiger partial charge in [0, 0.05) is 0 Å². The number of hydrogen-bond donors (Lipinski definition) is 5. The predicted molar refractivity (Wildman–Crippen MR) is 67.7 cm³/mol. The van der Waals surface area contributed by atoms with Crippen LogP contribution in [0.4, 0.5) is 0 Å². The second-order valence-electron chi connectivity index (χ2n) is 4.03. The van der Waals surface area contributed by atoms with Gasteiger partial charge in [0.25, 0.3) is 0 Å². The van der Waals surface area contributed by atoms with E-state index in [1.54, 1.807) is 0 Å². The maximum Gasteiger partial charge on any atom is 2.00 e. The van der Waals surface area contributed by atoms with Crippen LogP contribution in [0.5, 0.6) is 0 Å². The van der Waals surface area contributed by atoms with Crippen molar-refractivity contribution < 1.29 is 62.1 Å². The molecular weight excluding hydrogens is 371 g/mol. The monoisotopic (exact) mass is 385 g/mol. The van der Waals surface area contributed by atoms with E-state index in [4.69, 9.17) is 20.4 Å². The molecule has 1 aromatic rings. The Balaban J connectivity index is 0. The third-order valence-electron chi connectivity index (χ3n) is 2.32. The number of carbonyl (C=O) groups is 3. The van der Waals surface area contributed by atoms with Crippen LogP contribution >= 0.6 is 0 Å². The van der Waals surface area contributed by atoms with E-state index in [1.807, 2.05) is 0 Å². The first-order chi connectivity index (χ1) is 10.7. The molecule has 0 fully saturated rings. The zero-order valence-corrected chi connectivity index (χ0v) is 13.0. The van der Waals surface area contributed by atoms with Gasteiger partial charge in [0.05, 0.1) is 30.2 Å². The second-order valence-corrected chi connectivity index (χ2v) is 4.03. The van der Waals surface area contributed by atoms with Gasteiger partial charge in [-0.15, -0.1) is 0 Å². The van der Waals surface area contributed by atoms with Gasteiger partial charge < -0.3 is 50.0 Å². The van der Waals surface area contributed by atoms with Crippen LogP contribution in [-0.2, 0) is 31.5 Å². The number of carboxylic acids is 2. The number of nitrogens with one attached hydrogen (secondary N) is 1. The van der Waals surface area contributed by atoms with Gasteiger partial charge in [-0.2, -0.15) is 0 Å². The van der Waals surface area contributed by atoms with Crippen molar-refractivity contribution in [3.8, 4) is 0 Å². The van der Waals surface area contributed by atoms with Crippen LogP contribution in [0.25, 0.3) is 6.08 Å². The molecule has 0 aliphatic carbocycles. The van der Waals surface area contributed by atoms with Crippen LogP contribution in [0, 0.1) is 0 Å². The van der Waals surface area contributed by atoms with Crippen LogP contribution < -0.4 is 10.2 Å². The standard InChI is InChI=1S/C6H6N2O2.C6H10O7.Mn/c9-6(10)2-1-5-3-7-4-8-5;7-1-2(8)3(9)4(10)5(11)6(12)13;/h1-4H,(H,7,8)(H,9,10);1-5,8-11H,(H,12,13);/q;;+2/p-2/t;2-,3+,4-,5-;/m.0./s1. The zero-order valence-electron chi connectivity index (χ0n) is 11.9. The van der Waals surface area contributed by atoms with Crippen LogP contribution in [0.1, 0.15) is 5.69 Å². The van der Waals surface area contributed by atoms with E-state index >= 15 is 0 Å². The van der Waals surface area contributed by atoms with Gasteiger partial charge in [-0.1, -0.05) is 0 Å². The summed E-state index contributed by atoms with van der Waals surface area (Å²) in [4.78, 5) is 36.1. The van der Waals surface area contributed by atoms with Crippen LogP contribution in [0.2, 0.25) is 0 Å². The molecule has 0 aliphatic rings. The summed E-state index contributed by atoms with van der Waals surface area (Å²) in [5.41, 5.74) is 0.643. The van der Waals surface area contributed by atoms with Crippen molar-refractivity contribution in [2.45, 2.75) is 24.4 Å². The Morgan fingerprint density at radius 2 is 1.75 bits per heavy atom. The number of hydrogen-bond acceptors (Lipinski definition) is 10. The Morgan fingerprint density at radius 3 is 2.12 bits per heavy atom. The van der Waals surface area contributed by atoms with Crippen molar-refractivity contribution in [2.24, 2.45) is 0 Å². The van der Waals surface area contributed by atoms with Gasteiger partial charge in [0.2, 0.25) is 0 Å². The average Bonchev–Trinajstić information content (AvgIpc) is 3.03. The van der Waals surface area contributed by atoms with Crippen molar-refractivity contribution in [1.82, 2.24) is 9.97 Å². The Hall–Kier alpha value is -2.08. The second kappa shape index (κ2) is 12.4. The number of carboxylic acid groups (broad SMARTS) is 2. The molecule has 1 heterocycles. The Bertz CT molecular complexity index is 535. The number of carbonyl (C=O) groups excluding carboxylic acids is 3. The molecule has 0 amide bonds. The number of imidazole rings is 1. The molecule has 5 N–H and O–H groups in total. The Kier molecular flexibility index (Phi) is 12.4. The van der Waals surface area contributed by atoms with E-state index in [2.05, 4.69) is 9.97 Å². The van der Waals surface area contributed by atoms with Crippen molar-refractivity contribution in [3.63, 3.8) is 0 Å².